The van der Waals surface area contributed by atoms with E-state index in [9.17, 15) is 24.5 Å². The highest BCUT2D eigenvalue weighted by atomic mass is 31.2. The van der Waals surface area contributed by atoms with E-state index in [0.29, 0.717) is 11.3 Å². The second-order valence-corrected chi connectivity index (χ2v) is 8.72. The molecule has 0 aromatic heterocycles. The molecule has 2 aromatic carbocycles. The van der Waals surface area contributed by atoms with Crippen LogP contribution in [0, 0.1) is 12.8 Å². The van der Waals surface area contributed by atoms with E-state index in [4.69, 9.17) is 5.11 Å². The molecular weight excluding hydrogens is 381 g/mol. The second-order valence-electron chi connectivity index (χ2n) is 6.47. The lowest BCUT2D eigenvalue weighted by Crippen LogP contribution is -2.24. The van der Waals surface area contributed by atoms with Crippen LogP contribution in [0.5, 0.6) is 0 Å². The van der Waals surface area contributed by atoms with Gasteiger partial charge in [0.05, 0.1) is 11.6 Å². The van der Waals surface area contributed by atoms with Gasteiger partial charge < -0.3 is 10.2 Å². The van der Waals surface area contributed by atoms with Gasteiger partial charge in [-0.1, -0.05) is 36.4 Å². The van der Waals surface area contributed by atoms with Crippen molar-refractivity contribution in [2.45, 2.75) is 19.8 Å². The van der Waals surface area contributed by atoms with E-state index in [1.807, 2.05) is 19.1 Å². The molecule has 0 heterocycles. The molecule has 0 aliphatic heterocycles. The number of aliphatic imine (C=N–C) groups is 1. The summed E-state index contributed by atoms with van der Waals surface area (Å²) in [4.78, 5) is 48.6. The van der Waals surface area contributed by atoms with E-state index in [1.54, 1.807) is 42.5 Å². The number of para-hydroxylation sites is 1. The Labute approximate surface area is 163 Å². The Balaban J connectivity index is 2.45. The minimum atomic E-state index is -3.95. The zero-order valence-corrected chi connectivity index (χ0v) is 16.3. The molecule has 0 aliphatic rings. The van der Waals surface area contributed by atoms with Gasteiger partial charge in [-0.25, -0.2) is 14.8 Å². The average Bonchev–Trinajstić information content (AvgIpc) is 2.64. The summed E-state index contributed by atoms with van der Waals surface area (Å²) in [5.41, 5.74) is 1.87. The van der Waals surface area contributed by atoms with Crippen LogP contribution in [0.1, 0.15) is 24.0 Å². The number of nitrogens with zero attached hydrogens (tertiary/aromatic N) is 1. The highest BCUT2D eigenvalue weighted by Crippen LogP contribution is 2.56. The summed E-state index contributed by atoms with van der Waals surface area (Å²) < 4.78 is 0. The Morgan fingerprint density at radius 1 is 1.00 bits per heavy atom. The summed E-state index contributed by atoms with van der Waals surface area (Å²) in [5.74, 6) is -3.61. The molecule has 0 fully saturated rings. The van der Waals surface area contributed by atoms with Crippen molar-refractivity contribution >= 4 is 30.8 Å². The summed E-state index contributed by atoms with van der Waals surface area (Å²) in [6.07, 6.45) is -1.04. The van der Waals surface area contributed by atoms with Gasteiger partial charge in [0.25, 0.3) is 0 Å². The normalized spacial score (nSPS) is 13.2. The van der Waals surface area contributed by atoms with E-state index in [1.165, 1.54) is 0 Å². The molecule has 0 spiro atoms. The van der Waals surface area contributed by atoms with E-state index in [0.717, 1.165) is 5.56 Å². The molecule has 4 N–H and O–H groups in total. The minimum Gasteiger partial charge on any atom is -0.481 e. The third kappa shape index (κ3) is 5.96. The number of aliphatic carboxylic acids is 2. The van der Waals surface area contributed by atoms with Gasteiger partial charge in [-0.2, -0.15) is 0 Å². The first kappa shape index (κ1) is 21.7. The Bertz CT molecular complexity index is 866. The van der Waals surface area contributed by atoms with Gasteiger partial charge in [-0.3, -0.25) is 9.59 Å². The lowest BCUT2D eigenvalue weighted by Gasteiger charge is -2.18. The number of carboxylic acid groups (broad SMARTS) is 2. The highest BCUT2D eigenvalue weighted by Gasteiger charge is 2.46. The number of benzene rings is 2. The number of hydrogen-bond donors (Lipinski definition) is 4. The lowest BCUT2D eigenvalue weighted by molar-refractivity contribution is -0.142. The number of carboxylic acids is 2. The maximum Gasteiger partial charge on any atom is 0.320 e. The number of rotatable bonds is 9. The van der Waals surface area contributed by atoms with Gasteiger partial charge in [0.2, 0.25) is 5.45 Å². The molecule has 2 rings (SSSR count). The van der Waals surface area contributed by atoms with Gasteiger partial charge >= 0.3 is 19.7 Å². The quantitative estimate of drug-likeness (QED) is 0.374. The average molecular weight is 404 g/mol. The van der Waals surface area contributed by atoms with Crippen molar-refractivity contribution in [2.24, 2.45) is 10.9 Å². The molecule has 8 heteroatoms. The van der Waals surface area contributed by atoms with Crippen LogP contribution < -0.4 is 0 Å². The minimum absolute atomic E-state index is 0.0176. The van der Waals surface area contributed by atoms with Crippen molar-refractivity contribution in [3.8, 4) is 0 Å². The van der Waals surface area contributed by atoms with Crippen molar-refractivity contribution in [3.63, 3.8) is 0 Å². The standard InChI is InChI=1S/C20H22NO6P/c1-14-7-5-6-10-17(14)21-19(15-8-3-2-4-9-15)28(26,27)13-16(20(24)25)11-12-18(22)23/h2-10,16,26-27H,11-13H2,1H3,(H-,22,23,24,25)/p+1. The Kier molecular flexibility index (Phi) is 7.40. The van der Waals surface area contributed by atoms with Crippen LogP contribution >= 0.6 is 7.72 Å². The van der Waals surface area contributed by atoms with Crippen LogP contribution in [0.4, 0.5) is 5.69 Å². The summed E-state index contributed by atoms with van der Waals surface area (Å²) in [5, 5.41) is 18.2. The van der Waals surface area contributed by atoms with Crippen LogP contribution in [0.15, 0.2) is 59.6 Å². The van der Waals surface area contributed by atoms with Crippen molar-refractivity contribution in [1.82, 2.24) is 0 Å². The highest BCUT2D eigenvalue weighted by molar-refractivity contribution is 7.82. The van der Waals surface area contributed by atoms with E-state index in [-0.39, 0.29) is 18.3 Å². The van der Waals surface area contributed by atoms with Gasteiger partial charge in [0.15, 0.2) is 0 Å². The molecule has 148 valence electrons. The summed E-state index contributed by atoms with van der Waals surface area (Å²) in [6, 6.07) is 15.7. The number of aryl methyl sites for hydroxylation is 1. The van der Waals surface area contributed by atoms with E-state index >= 15 is 0 Å². The molecule has 0 saturated heterocycles. The predicted octanol–water partition coefficient (Wildman–Crippen LogP) is 3.47. The molecular formula is C20H23NO6P+. The topological polar surface area (TPSA) is 127 Å². The third-order valence-corrected chi connectivity index (χ3v) is 6.23. The van der Waals surface area contributed by atoms with Crippen molar-refractivity contribution < 1.29 is 29.6 Å². The SMILES string of the molecule is Cc1ccccc1N=C(c1ccccc1)[P+](O)(O)CC(CCC(=O)O)C(=O)O. The van der Waals surface area contributed by atoms with Crippen LogP contribution in [-0.2, 0) is 9.59 Å². The predicted molar refractivity (Wildman–Crippen MR) is 108 cm³/mol. The molecule has 7 nitrogen and oxygen atoms in total. The van der Waals surface area contributed by atoms with Gasteiger partial charge in [0.1, 0.15) is 6.16 Å². The van der Waals surface area contributed by atoms with Gasteiger partial charge in [0, 0.05) is 12.0 Å². The largest absolute Gasteiger partial charge is 0.481 e. The van der Waals surface area contributed by atoms with Crippen molar-refractivity contribution in [2.75, 3.05) is 6.16 Å². The molecule has 0 saturated carbocycles. The van der Waals surface area contributed by atoms with Crippen molar-refractivity contribution in [1.29, 1.82) is 0 Å². The van der Waals surface area contributed by atoms with Crippen LogP contribution in [0.25, 0.3) is 0 Å². The molecule has 28 heavy (non-hydrogen) atoms. The second kappa shape index (κ2) is 9.55. The van der Waals surface area contributed by atoms with Crippen LogP contribution in [0.2, 0.25) is 0 Å². The first-order valence-corrected chi connectivity index (χ1v) is 10.6. The van der Waals surface area contributed by atoms with E-state index < -0.39 is 31.7 Å². The Morgan fingerprint density at radius 2 is 1.61 bits per heavy atom. The third-order valence-electron chi connectivity index (χ3n) is 4.24. The number of carbonyl (C=O) groups is 2. The zero-order chi connectivity index (χ0) is 20.7. The monoisotopic (exact) mass is 404 g/mol. The Hall–Kier alpha value is -2.60. The first-order valence-electron chi connectivity index (χ1n) is 8.69. The van der Waals surface area contributed by atoms with Gasteiger partial charge in [-0.15, -0.1) is 0 Å². The molecule has 0 bridgehead atoms. The van der Waals surface area contributed by atoms with Crippen LogP contribution in [-0.4, -0.2) is 43.6 Å². The fourth-order valence-corrected chi connectivity index (χ4v) is 4.68. The molecule has 0 amide bonds. The summed E-state index contributed by atoms with van der Waals surface area (Å²) in [6.45, 7) is 1.84. The zero-order valence-electron chi connectivity index (χ0n) is 15.4. The molecule has 2 aromatic rings. The number of hydrogen-bond acceptors (Lipinski definition) is 5. The van der Waals surface area contributed by atoms with Gasteiger partial charge in [-0.05, 0) is 37.1 Å². The fraction of sp³-hybridized carbons (Fsp3) is 0.250. The van der Waals surface area contributed by atoms with E-state index in [2.05, 4.69) is 4.99 Å². The maximum atomic E-state index is 11.5. The molecule has 0 radical (unpaired) electrons. The first-order chi connectivity index (χ1) is 13.2. The lowest BCUT2D eigenvalue weighted by atomic mass is 10.1. The maximum absolute atomic E-state index is 11.5. The van der Waals surface area contributed by atoms with Crippen LogP contribution in [0.3, 0.4) is 0 Å². The molecule has 1 atom stereocenters. The fourth-order valence-electron chi connectivity index (χ4n) is 2.73. The smallest absolute Gasteiger partial charge is 0.320 e. The molecule has 1 unspecified atom stereocenters. The van der Waals surface area contributed by atoms with Crippen molar-refractivity contribution in [3.05, 3.63) is 65.7 Å². The molecule has 0 aliphatic carbocycles. The summed E-state index contributed by atoms with van der Waals surface area (Å²) in [7, 11) is -3.95. The summed E-state index contributed by atoms with van der Waals surface area (Å²) >= 11 is 0. The Morgan fingerprint density at radius 3 is 2.18 bits per heavy atom.